The number of benzene rings is 2. The Morgan fingerprint density at radius 3 is 2.32 bits per heavy atom. The maximum Gasteiger partial charge on any atom is 0.122 e. The molecule has 0 amide bonds. The first-order chi connectivity index (χ1) is 9.29. The molecule has 2 nitrogen and oxygen atoms in total. The average Bonchev–Trinajstić information content (AvgIpc) is 2.43. The fourth-order valence-corrected chi connectivity index (χ4v) is 2.03. The highest BCUT2D eigenvalue weighted by atomic mass is 16.5. The van der Waals surface area contributed by atoms with Crippen LogP contribution in [0.1, 0.15) is 16.7 Å². The summed E-state index contributed by atoms with van der Waals surface area (Å²) in [5.74, 6) is 0.981. The maximum absolute atomic E-state index is 5.81. The van der Waals surface area contributed by atoms with Crippen molar-refractivity contribution in [3.05, 3.63) is 65.2 Å². The van der Waals surface area contributed by atoms with Gasteiger partial charge in [-0.05, 0) is 36.7 Å². The molecule has 0 aliphatic rings. The smallest absolute Gasteiger partial charge is 0.122 e. The molecule has 0 atom stereocenters. The minimum absolute atomic E-state index is 0.718. The molecule has 0 spiro atoms. The predicted octanol–water partition coefficient (Wildman–Crippen LogP) is 3.34. The molecule has 1 N–H and O–H groups in total. The van der Waals surface area contributed by atoms with E-state index in [1.165, 1.54) is 16.7 Å². The Hall–Kier alpha value is -1.80. The van der Waals surface area contributed by atoms with Gasteiger partial charge in [-0.1, -0.05) is 42.5 Å². The molecule has 0 heterocycles. The number of rotatable bonds is 6. The summed E-state index contributed by atoms with van der Waals surface area (Å²) < 4.78 is 5.81. The largest absolute Gasteiger partial charge is 0.493 e. The summed E-state index contributed by atoms with van der Waals surface area (Å²) in [5.41, 5.74) is 3.81. The fraction of sp³-hybridized carbons (Fsp3) is 0.294. The highest BCUT2D eigenvalue weighted by Gasteiger charge is 1.99. The van der Waals surface area contributed by atoms with Gasteiger partial charge in [0.1, 0.15) is 5.75 Å². The molecule has 0 unspecified atom stereocenters. The van der Waals surface area contributed by atoms with Gasteiger partial charge in [-0.15, -0.1) is 0 Å². The van der Waals surface area contributed by atoms with Gasteiger partial charge in [-0.3, -0.25) is 0 Å². The molecule has 2 heteroatoms. The Bertz CT molecular complexity index is 505. The van der Waals surface area contributed by atoms with E-state index < -0.39 is 0 Å². The molecule has 19 heavy (non-hydrogen) atoms. The first-order valence-electron chi connectivity index (χ1n) is 6.70. The Labute approximate surface area is 115 Å². The van der Waals surface area contributed by atoms with Crippen LogP contribution < -0.4 is 10.1 Å². The predicted molar refractivity (Wildman–Crippen MR) is 79.6 cm³/mol. The summed E-state index contributed by atoms with van der Waals surface area (Å²) in [7, 11) is 1.96. The molecule has 0 saturated carbocycles. The lowest BCUT2D eigenvalue weighted by Gasteiger charge is -2.09. The van der Waals surface area contributed by atoms with Crippen LogP contribution in [0.5, 0.6) is 5.75 Å². The zero-order valence-electron chi connectivity index (χ0n) is 11.6. The summed E-state index contributed by atoms with van der Waals surface area (Å²) in [5, 5.41) is 3.15. The van der Waals surface area contributed by atoms with Gasteiger partial charge in [0.15, 0.2) is 0 Å². The molecule has 0 saturated heterocycles. The van der Waals surface area contributed by atoms with Crippen molar-refractivity contribution in [1.29, 1.82) is 0 Å². The van der Waals surface area contributed by atoms with E-state index in [2.05, 4.69) is 42.6 Å². The van der Waals surface area contributed by atoms with E-state index >= 15 is 0 Å². The topological polar surface area (TPSA) is 21.3 Å². The average molecular weight is 255 g/mol. The van der Waals surface area contributed by atoms with Gasteiger partial charge in [0.2, 0.25) is 0 Å². The molecule has 0 aromatic heterocycles. The van der Waals surface area contributed by atoms with E-state index in [1.807, 2.05) is 25.2 Å². The molecular weight excluding hydrogens is 234 g/mol. The Balaban J connectivity index is 1.84. The third-order valence-electron chi connectivity index (χ3n) is 3.15. The van der Waals surface area contributed by atoms with E-state index in [-0.39, 0.29) is 0 Å². The zero-order valence-corrected chi connectivity index (χ0v) is 11.6. The molecule has 0 bridgehead atoms. The van der Waals surface area contributed by atoms with E-state index in [0.29, 0.717) is 0 Å². The summed E-state index contributed by atoms with van der Waals surface area (Å²) in [6.07, 6.45) is 0.939. The van der Waals surface area contributed by atoms with Gasteiger partial charge in [-0.25, -0.2) is 0 Å². The summed E-state index contributed by atoms with van der Waals surface area (Å²) >= 11 is 0. The van der Waals surface area contributed by atoms with Gasteiger partial charge in [0.25, 0.3) is 0 Å². The molecule has 0 radical (unpaired) electrons. The van der Waals surface area contributed by atoms with Gasteiger partial charge in [0, 0.05) is 13.0 Å². The minimum atomic E-state index is 0.718. The van der Waals surface area contributed by atoms with E-state index in [1.54, 1.807) is 0 Å². The first kappa shape index (κ1) is 13.6. The quantitative estimate of drug-likeness (QED) is 0.855. The number of hydrogen-bond donors (Lipinski definition) is 1. The van der Waals surface area contributed by atoms with Crippen molar-refractivity contribution >= 4 is 0 Å². The van der Waals surface area contributed by atoms with Crippen LogP contribution in [0.3, 0.4) is 0 Å². The number of ether oxygens (including phenoxy) is 1. The van der Waals surface area contributed by atoms with Crippen LogP contribution >= 0.6 is 0 Å². The van der Waals surface area contributed by atoms with E-state index in [4.69, 9.17) is 4.74 Å². The summed E-state index contributed by atoms with van der Waals surface area (Å²) in [6.45, 7) is 3.71. The standard InChI is InChI=1S/C17H21NO/c1-14-5-3-4-6-17(14)19-12-11-15-7-9-16(10-8-15)13-18-2/h3-10,18H,11-13H2,1-2H3. The number of hydrogen-bond acceptors (Lipinski definition) is 2. The number of aryl methyl sites for hydroxylation is 1. The third kappa shape index (κ3) is 4.11. The normalized spacial score (nSPS) is 10.4. The van der Waals surface area contributed by atoms with Crippen molar-refractivity contribution in [1.82, 2.24) is 5.32 Å². The van der Waals surface area contributed by atoms with Crippen molar-refractivity contribution < 1.29 is 4.74 Å². The lowest BCUT2D eigenvalue weighted by molar-refractivity contribution is 0.320. The maximum atomic E-state index is 5.81. The van der Waals surface area contributed by atoms with Crippen molar-refractivity contribution in [2.45, 2.75) is 19.9 Å². The zero-order chi connectivity index (χ0) is 13.5. The minimum Gasteiger partial charge on any atom is -0.493 e. The molecule has 2 aromatic carbocycles. The highest BCUT2D eigenvalue weighted by molar-refractivity contribution is 5.31. The van der Waals surface area contributed by atoms with E-state index in [9.17, 15) is 0 Å². The SMILES string of the molecule is CNCc1ccc(CCOc2ccccc2C)cc1. The summed E-state index contributed by atoms with van der Waals surface area (Å²) in [4.78, 5) is 0. The molecule has 0 fully saturated rings. The van der Waals surface area contributed by atoms with Crippen LogP contribution in [0.4, 0.5) is 0 Å². The van der Waals surface area contributed by atoms with Crippen molar-refractivity contribution in [3.8, 4) is 5.75 Å². The highest BCUT2D eigenvalue weighted by Crippen LogP contribution is 2.16. The molecule has 0 aliphatic heterocycles. The second-order valence-corrected chi connectivity index (χ2v) is 4.71. The van der Waals surface area contributed by atoms with Crippen LogP contribution in [0.2, 0.25) is 0 Å². The molecule has 2 rings (SSSR count). The molecule has 0 aliphatic carbocycles. The van der Waals surface area contributed by atoms with Gasteiger partial charge in [0.05, 0.1) is 6.61 Å². The number of nitrogens with one attached hydrogen (secondary N) is 1. The van der Waals surface area contributed by atoms with Gasteiger partial charge < -0.3 is 10.1 Å². The molecule has 2 aromatic rings. The lowest BCUT2D eigenvalue weighted by Crippen LogP contribution is -2.05. The van der Waals surface area contributed by atoms with Crippen LogP contribution in [-0.4, -0.2) is 13.7 Å². The second kappa shape index (κ2) is 6.95. The Morgan fingerprint density at radius 2 is 1.63 bits per heavy atom. The van der Waals surface area contributed by atoms with Crippen LogP contribution in [-0.2, 0) is 13.0 Å². The number of para-hydroxylation sites is 1. The van der Waals surface area contributed by atoms with Crippen LogP contribution in [0, 0.1) is 6.92 Å². The van der Waals surface area contributed by atoms with Crippen molar-refractivity contribution in [3.63, 3.8) is 0 Å². The van der Waals surface area contributed by atoms with Crippen LogP contribution in [0.15, 0.2) is 48.5 Å². The molecular formula is C17H21NO. The third-order valence-corrected chi connectivity index (χ3v) is 3.15. The van der Waals surface area contributed by atoms with E-state index in [0.717, 1.165) is 25.3 Å². The Kier molecular flexibility index (Phi) is 4.99. The fourth-order valence-electron chi connectivity index (χ4n) is 2.03. The monoisotopic (exact) mass is 255 g/mol. The molecule has 100 valence electrons. The van der Waals surface area contributed by atoms with Gasteiger partial charge in [-0.2, -0.15) is 0 Å². The van der Waals surface area contributed by atoms with Crippen molar-refractivity contribution in [2.24, 2.45) is 0 Å². The lowest BCUT2D eigenvalue weighted by atomic mass is 10.1. The van der Waals surface area contributed by atoms with Gasteiger partial charge >= 0.3 is 0 Å². The second-order valence-electron chi connectivity index (χ2n) is 4.71. The first-order valence-corrected chi connectivity index (χ1v) is 6.70. The summed E-state index contributed by atoms with van der Waals surface area (Å²) in [6, 6.07) is 16.8. The van der Waals surface area contributed by atoms with Crippen molar-refractivity contribution in [2.75, 3.05) is 13.7 Å². The Morgan fingerprint density at radius 1 is 0.947 bits per heavy atom. The van der Waals surface area contributed by atoms with Crippen LogP contribution in [0.25, 0.3) is 0 Å².